The molecule has 3 nitrogen and oxygen atoms in total. The van der Waals surface area contributed by atoms with Gasteiger partial charge in [-0.1, -0.05) is 17.7 Å². The molecule has 0 saturated carbocycles. The smallest absolute Gasteiger partial charge is 0.255 e. The molecule has 21 heavy (non-hydrogen) atoms. The van der Waals surface area contributed by atoms with Crippen LogP contribution in [0.25, 0.3) is 0 Å². The first-order valence-electron chi connectivity index (χ1n) is 6.18. The number of hydrogen-bond acceptors (Lipinski definition) is 2. The first-order chi connectivity index (χ1) is 10.1. The number of carbonyl (C=O) groups is 1. The van der Waals surface area contributed by atoms with Gasteiger partial charge in [-0.15, -0.1) is 0 Å². The molecule has 0 atom stereocenters. The molecule has 6 heteroatoms. The van der Waals surface area contributed by atoms with E-state index in [-0.39, 0.29) is 29.6 Å². The number of carbonyl (C=O) groups excluding carboxylic acids is 1. The second kappa shape index (κ2) is 7.04. The molecule has 0 radical (unpaired) electrons. The zero-order valence-electron chi connectivity index (χ0n) is 10.9. The van der Waals surface area contributed by atoms with Gasteiger partial charge in [0.2, 0.25) is 0 Å². The maximum atomic E-state index is 13.5. The third-order valence-electron chi connectivity index (χ3n) is 2.66. The molecule has 0 aliphatic carbocycles. The number of nitrogens with one attached hydrogen (secondary N) is 1. The van der Waals surface area contributed by atoms with Gasteiger partial charge in [-0.25, -0.2) is 8.78 Å². The molecule has 110 valence electrons. The first kappa shape index (κ1) is 15.3. The van der Waals surface area contributed by atoms with Crippen LogP contribution in [0.15, 0.2) is 42.5 Å². The molecular formula is C15H12ClF2NO2. The Labute approximate surface area is 125 Å². The lowest BCUT2D eigenvalue weighted by Crippen LogP contribution is -2.29. The van der Waals surface area contributed by atoms with E-state index in [1.54, 1.807) is 0 Å². The third-order valence-corrected chi connectivity index (χ3v) is 2.97. The van der Waals surface area contributed by atoms with Crippen molar-refractivity contribution in [2.24, 2.45) is 0 Å². The summed E-state index contributed by atoms with van der Waals surface area (Å²) in [6.07, 6.45) is 0. The Morgan fingerprint density at radius 1 is 1.14 bits per heavy atom. The van der Waals surface area contributed by atoms with Crippen LogP contribution in [0.2, 0.25) is 5.02 Å². The van der Waals surface area contributed by atoms with Gasteiger partial charge in [0, 0.05) is 0 Å². The minimum absolute atomic E-state index is 0.0481. The fraction of sp³-hybridized carbons (Fsp3) is 0.133. The molecule has 0 aliphatic rings. The fourth-order valence-electron chi connectivity index (χ4n) is 1.67. The van der Waals surface area contributed by atoms with Gasteiger partial charge in [0.25, 0.3) is 5.91 Å². The van der Waals surface area contributed by atoms with E-state index in [1.807, 2.05) is 0 Å². The number of rotatable bonds is 5. The quantitative estimate of drug-likeness (QED) is 0.859. The van der Waals surface area contributed by atoms with E-state index in [2.05, 4.69) is 5.32 Å². The summed E-state index contributed by atoms with van der Waals surface area (Å²) in [5, 5.41) is 2.55. The lowest BCUT2D eigenvalue weighted by atomic mass is 10.2. The Kier molecular flexibility index (Phi) is 5.11. The van der Waals surface area contributed by atoms with Gasteiger partial charge in [0.1, 0.15) is 24.0 Å². The highest BCUT2D eigenvalue weighted by atomic mass is 35.5. The number of halogens is 3. The number of amides is 1. The highest BCUT2D eigenvalue weighted by Gasteiger charge is 2.14. The van der Waals surface area contributed by atoms with Gasteiger partial charge in [-0.3, -0.25) is 4.79 Å². The molecule has 0 heterocycles. The van der Waals surface area contributed by atoms with Crippen molar-refractivity contribution in [1.29, 1.82) is 0 Å². The molecule has 1 N–H and O–H groups in total. The van der Waals surface area contributed by atoms with Crippen molar-refractivity contribution < 1.29 is 18.3 Å². The summed E-state index contributed by atoms with van der Waals surface area (Å²) in [6, 6.07) is 9.52. The van der Waals surface area contributed by atoms with Crippen LogP contribution in [-0.2, 0) is 0 Å². The lowest BCUT2D eigenvalue weighted by molar-refractivity contribution is 0.0943. The molecule has 0 aromatic heterocycles. The van der Waals surface area contributed by atoms with Gasteiger partial charge in [-0.05, 0) is 36.4 Å². The van der Waals surface area contributed by atoms with Crippen molar-refractivity contribution >= 4 is 17.5 Å². The first-order valence-corrected chi connectivity index (χ1v) is 6.56. The number of hydrogen-bond donors (Lipinski definition) is 1. The van der Waals surface area contributed by atoms with Crippen LogP contribution in [0.5, 0.6) is 5.75 Å². The minimum atomic E-state index is -0.681. The summed E-state index contributed by atoms with van der Waals surface area (Å²) in [6.45, 7) is 0.338. The summed E-state index contributed by atoms with van der Waals surface area (Å²) < 4.78 is 31.5. The molecule has 0 spiro atoms. The summed E-state index contributed by atoms with van der Waals surface area (Å²) >= 11 is 5.78. The van der Waals surface area contributed by atoms with E-state index in [0.717, 1.165) is 6.07 Å². The van der Waals surface area contributed by atoms with E-state index in [4.69, 9.17) is 16.3 Å². The topological polar surface area (TPSA) is 38.3 Å². The van der Waals surface area contributed by atoms with Crippen molar-refractivity contribution in [3.05, 3.63) is 64.7 Å². The average Bonchev–Trinajstić information content (AvgIpc) is 2.45. The Morgan fingerprint density at radius 3 is 2.52 bits per heavy atom. The summed E-state index contributed by atoms with van der Waals surface area (Å²) in [5.41, 5.74) is -0.194. The second-order valence-electron chi connectivity index (χ2n) is 4.15. The van der Waals surface area contributed by atoms with E-state index >= 15 is 0 Å². The third kappa shape index (κ3) is 4.16. The van der Waals surface area contributed by atoms with Gasteiger partial charge in [-0.2, -0.15) is 0 Å². The van der Waals surface area contributed by atoms with Crippen LogP contribution in [-0.4, -0.2) is 19.1 Å². The van der Waals surface area contributed by atoms with Crippen molar-refractivity contribution in [2.45, 2.75) is 0 Å². The average molecular weight is 312 g/mol. The SMILES string of the molecule is O=C(NCCOc1ccc(F)cc1)c1c(F)cccc1Cl. The Balaban J connectivity index is 1.83. The summed E-state index contributed by atoms with van der Waals surface area (Å²) in [4.78, 5) is 11.8. The Hall–Kier alpha value is -2.14. The second-order valence-corrected chi connectivity index (χ2v) is 4.56. The van der Waals surface area contributed by atoms with Crippen molar-refractivity contribution in [3.63, 3.8) is 0 Å². The van der Waals surface area contributed by atoms with Crippen LogP contribution in [0.1, 0.15) is 10.4 Å². The highest BCUT2D eigenvalue weighted by Crippen LogP contribution is 2.18. The highest BCUT2D eigenvalue weighted by molar-refractivity contribution is 6.33. The fourth-order valence-corrected chi connectivity index (χ4v) is 1.92. The molecule has 0 saturated heterocycles. The molecule has 0 bridgehead atoms. The van der Waals surface area contributed by atoms with Gasteiger partial charge in [0.05, 0.1) is 17.1 Å². The summed E-state index contributed by atoms with van der Waals surface area (Å²) in [7, 11) is 0. The molecule has 2 rings (SSSR count). The zero-order chi connectivity index (χ0) is 15.2. The predicted octanol–water partition coefficient (Wildman–Crippen LogP) is 3.43. The van der Waals surface area contributed by atoms with Gasteiger partial charge in [0.15, 0.2) is 0 Å². The van der Waals surface area contributed by atoms with E-state index in [1.165, 1.54) is 36.4 Å². The van der Waals surface area contributed by atoms with Gasteiger partial charge >= 0.3 is 0 Å². The van der Waals surface area contributed by atoms with E-state index < -0.39 is 11.7 Å². The van der Waals surface area contributed by atoms with Crippen molar-refractivity contribution in [1.82, 2.24) is 5.32 Å². The minimum Gasteiger partial charge on any atom is -0.492 e. The lowest BCUT2D eigenvalue weighted by Gasteiger charge is -2.09. The molecule has 0 aliphatic heterocycles. The Bertz CT molecular complexity index is 612. The summed E-state index contributed by atoms with van der Waals surface area (Å²) in [5.74, 6) is -1.17. The van der Waals surface area contributed by atoms with Crippen molar-refractivity contribution in [2.75, 3.05) is 13.2 Å². The van der Waals surface area contributed by atoms with Crippen LogP contribution in [0.3, 0.4) is 0 Å². The molecule has 0 fully saturated rings. The van der Waals surface area contributed by atoms with Crippen LogP contribution < -0.4 is 10.1 Å². The van der Waals surface area contributed by atoms with E-state index in [9.17, 15) is 13.6 Å². The monoisotopic (exact) mass is 311 g/mol. The standard InChI is InChI=1S/C15H12ClF2NO2/c16-12-2-1-3-13(18)14(12)15(20)19-8-9-21-11-6-4-10(17)5-7-11/h1-7H,8-9H2,(H,19,20). The maximum absolute atomic E-state index is 13.5. The van der Waals surface area contributed by atoms with Crippen LogP contribution >= 0.6 is 11.6 Å². The maximum Gasteiger partial charge on any atom is 0.255 e. The zero-order valence-corrected chi connectivity index (χ0v) is 11.7. The molecular weight excluding hydrogens is 300 g/mol. The number of ether oxygens (including phenoxy) is 1. The van der Waals surface area contributed by atoms with Crippen molar-refractivity contribution in [3.8, 4) is 5.75 Å². The number of benzene rings is 2. The normalized spacial score (nSPS) is 10.2. The van der Waals surface area contributed by atoms with E-state index in [0.29, 0.717) is 5.75 Å². The molecule has 2 aromatic carbocycles. The predicted molar refractivity (Wildman–Crippen MR) is 75.6 cm³/mol. The van der Waals surface area contributed by atoms with Crippen LogP contribution in [0.4, 0.5) is 8.78 Å². The largest absolute Gasteiger partial charge is 0.492 e. The molecule has 1 amide bonds. The van der Waals surface area contributed by atoms with Crippen LogP contribution in [0, 0.1) is 11.6 Å². The molecule has 0 unspecified atom stereocenters. The Morgan fingerprint density at radius 2 is 1.86 bits per heavy atom. The van der Waals surface area contributed by atoms with Gasteiger partial charge < -0.3 is 10.1 Å². The molecule has 2 aromatic rings.